The van der Waals surface area contributed by atoms with Gasteiger partial charge in [-0.1, -0.05) is 25.7 Å². The molecule has 1 aromatic heterocycles. The summed E-state index contributed by atoms with van der Waals surface area (Å²) in [6.07, 6.45) is 6.03. The molecular weight excluding hydrogens is 268 g/mol. The smallest absolute Gasteiger partial charge is 0.241 e. The van der Waals surface area contributed by atoms with Crippen LogP contribution in [0.5, 0.6) is 0 Å². The Labute approximate surface area is 113 Å². The van der Waals surface area contributed by atoms with E-state index in [0.717, 1.165) is 11.3 Å². The largest absolute Gasteiger partial charge is 0.326 e. The van der Waals surface area contributed by atoms with Crippen LogP contribution in [0.2, 0.25) is 0 Å². The zero-order chi connectivity index (χ0) is 13.0. The summed E-state index contributed by atoms with van der Waals surface area (Å²) in [5, 5.41) is 1.65. The van der Waals surface area contributed by atoms with Gasteiger partial charge in [0, 0.05) is 23.3 Å². The van der Waals surface area contributed by atoms with Crippen molar-refractivity contribution in [2.24, 2.45) is 11.7 Å². The fourth-order valence-corrected chi connectivity index (χ4v) is 4.59. The van der Waals surface area contributed by atoms with Crippen molar-refractivity contribution >= 4 is 21.4 Å². The van der Waals surface area contributed by atoms with Gasteiger partial charge in [0.25, 0.3) is 0 Å². The number of thiophene rings is 1. The van der Waals surface area contributed by atoms with Crippen LogP contribution in [0.3, 0.4) is 0 Å². The van der Waals surface area contributed by atoms with Crippen molar-refractivity contribution in [3.63, 3.8) is 0 Å². The van der Waals surface area contributed by atoms with E-state index in [-0.39, 0.29) is 0 Å². The molecule has 18 heavy (non-hydrogen) atoms. The number of rotatable bonds is 6. The molecule has 102 valence electrons. The zero-order valence-corrected chi connectivity index (χ0v) is 12.0. The number of nitrogens with two attached hydrogens (primary N) is 1. The second kappa shape index (κ2) is 6.14. The van der Waals surface area contributed by atoms with Gasteiger partial charge < -0.3 is 5.73 Å². The van der Waals surface area contributed by atoms with Gasteiger partial charge in [0.05, 0.1) is 4.90 Å². The number of hydrogen-bond acceptors (Lipinski definition) is 4. The monoisotopic (exact) mass is 288 g/mol. The van der Waals surface area contributed by atoms with E-state index in [1.54, 1.807) is 11.4 Å². The number of hydrogen-bond donors (Lipinski definition) is 2. The molecule has 0 radical (unpaired) electrons. The van der Waals surface area contributed by atoms with Crippen LogP contribution in [-0.4, -0.2) is 15.0 Å². The molecule has 1 aliphatic rings. The van der Waals surface area contributed by atoms with Crippen molar-refractivity contribution in [2.75, 3.05) is 6.54 Å². The first kappa shape index (κ1) is 14.0. The van der Waals surface area contributed by atoms with E-state index in [9.17, 15) is 8.42 Å². The first-order valence-corrected chi connectivity index (χ1v) is 8.75. The fraction of sp³-hybridized carbons (Fsp3) is 0.667. The Morgan fingerprint density at radius 1 is 1.39 bits per heavy atom. The summed E-state index contributed by atoms with van der Waals surface area (Å²) in [6, 6.07) is 1.66. The van der Waals surface area contributed by atoms with E-state index in [2.05, 4.69) is 4.72 Å². The molecule has 0 aromatic carbocycles. The van der Waals surface area contributed by atoms with Crippen molar-refractivity contribution in [3.05, 3.63) is 16.3 Å². The fourth-order valence-electron chi connectivity index (χ4n) is 2.39. The highest BCUT2D eigenvalue weighted by molar-refractivity contribution is 7.89. The van der Waals surface area contributed by atoms with E-state index < -0.39 is 10.0 Å². The Bertz CT molecular complexity index is 476. The van der Waals surface area contributed by atoms with Crippen LogP contribution in [0.4, 0.5) is 0 Å². The normalized spacial score (nSPS) is 17.4. The molecule has 0 atom stereocenters. The molecule has 0 bridgehead atoms. The quantitative estimate of drug-likeness (QED) is 0.841. The molecule has 0 amide bonds. The van der Waals surface area contributed by atoms with Crippen LogP contribution in [0, 0.1) is 5.92 Å². The second-order valence-electron chi connectivity index (χ2n) is 4.79. The molecule has 0 unspecified atom stereocenters. The minimum atomic E-state index is -3.34. The topological polar surface area (TPSA) is 72.2 Å². The lowest BCUT2D eigenvalue weighted by Crippen LogP contribution is -2.25. The minimum absolute atomic E-state index is 0.347. The molecule has 1 fully saturated rings. The van der Waals surface area contributed by atoms with Crippen molar-refractivity contribution < 1.29 is 8.42 Å². The average Bonchev–Trinajstić information content (AvgIpc) is 2.99. The predicted octanol–water partition coefficient (Wildman–Crippen LogP) is 2.07. The molecule has 1 aromatic rings. The van der Waals surface area contributed by atoms with Crippen LogP contribution >= 0.6 is 11.3 Å². The van der Waals surface area contributed by atoms with Crippen LogP contribution in [0.1, 0.15) is 37.0 Å². The molecule has 1 saturated carbocycles. The van der Waals surface area contributed by atoms with Crippen LogP contribution in [0.25, 0.3) is 0 Å². The SMILES string of the molecule is NCc1cc(S(=O)(=O)NCCC2CCCC2)cs1. The third-order valence-electron chi connectivity index (χ3n) is 3.46. The summed E-state index contributed by atoms with van der Waals surface area (Å²) in [5.41, 5.74) is 5.48. The second-order valence-corrected chi connectivity index (χ2v) is 7.55. The van der Waals surface area contributed by atoms with Crippen LogP contribution < -0.4 is 10.5 Å². The van der Waals surface area contributed by atoms with Crippen LogP contribution in [0.15, 0.2) is 16.3 Å². The molecule has 1 heterocycles. The molecule has 0 spiro atoms. The van der Waals surface area contributed by atoms with E-state index in [0.29, 0.717) is 23.9 Å². The molecule has 4 nitrogen and oxygen atoms in total. The van der Waals surface area contributed by atoms with Crippen molar-refractivity contribution in [1.29, 1.82) is 0 Å². The van der Waals surface area contributed by atoms with Gasteiger partial charge >= 0.3 is 0 Å². The van der Waals surface area contributed by atoms with Gasteiger partial charge in [0.1, 0.15) is 0 Å². The highest BCUT2D eigenvalue weighted by Gasteiger charge is 2.18. The van der Waals surface area contributed by atoms with Gasteiger partial charge in [0.2, 0.25) is 10.0 Å². The first-order valence-electron chi connectivity index (χ1n) is 6.39. The number of sulfonamides is 1. The third kappa shape index (κ3) is 3.54. The lowest BCUT2D eigenvalue weighted by Gasteiger charge is -2.09. The summed E-state index contributed by atoms with van der Waals surface area (Å²) in [5.74, 6) is 0.703. The van der Waals surface area contributed by atoms with Gasteiger partial charge in [-0.2, -0.15) is 0 Å². The van der Waals surface area contributed by atoms with Crippen molar-refractivity contribution in [2.45, 2.75) is 43.5 Å². The maximum atomic E-state index is 12.0. The van der Waals surface area contributed by atoms with Gasteiger partial charge in [-0.3, -0.25) is 0 Å². The summed E-state index contributed by atoms with van der Waals surface area (Å²) in [4.78, 5) is 1.24. The highest BCUT2D eigenvalue weighted by Crippen LogP contribution is 2.27. The minimum Gasteiger partial charge on any atom is -0.326 e. The van der Waals surface area contributed by atoms with E-state index in [1.165, 1.54) is 37.0 Å². The Hall–Kier alpha value is -0.430. The molecule has 0 aliphatic heterocycles. The molecule has 0 saturated heterocycles. The highest BCUT2D eigenvalue weighted by atomic mass is 32.2. The Kier molecular flexibility index (Phi) is 4.77. The maximum absolute atomic E-state index is 12.0. The molecule has 1 aliphatic carbocycles. The van der Waals surface area contributed by atoms with E-state index in [1.807, 2.05) is 0 Å². The van der Waals surface area contributed by atoms with Crippen molar-refractivity contribution in [1.82, 2.24) is 4.72 Å². The van der Waals surface area contributed by atoms with Gasteiger partial charge in [-0.25, -0.2) is 13.1 Å². The summed E-state index contributed by atoms with van der Waals surface area (Å²) < 4.78 is 26.7. The standard InChI is InChI=1S/C12H20N2O2S2/c13-8-11-7-12(9-17-11)18(15,16)14-6-5-10-3-1-2-4-10/h7,9-10,14H,1-6,8,13H2. The lowest BCUT2D eigenvalue weighted by molar-refractivity contribution is 0.496. The zero-order valence-electron chi connectivity index (χ0n) is 10.4. The summed E-state index contributed by atoms with van der Waals surface area (Å²) >= 11 is 1.39. The summed E-state index contributed by atoms with van der Waals surface area (Å²) in [7, 11) is -3.34. The maximum Gasteiger partial charge on any atom is 0.241 e. The summed E-state index contributed by atoms with van der Waals surface area (Å²) in [6.45, 7) is 0.934. The molecule has 2 rings (SSSR count). The van der Waals surface area contributed by atoms with Crippen LogP contribution in [-0.2, 0) is 16.6 Å². The Balaban J connectivity index is 1.86. The molecule has 3 N–H and O–H groups in total. The van der Waals surface area contributed by atoms with Gasteiger partial charge in [-0.05, 0) is 18.4 Å². The molecule has 6 heteroatoms. The predicted molar refractivity (Wildman–Crippen MR) is 74.0 cm³/mol. The number of nitrogens with one attached hydrogen (secondary N) is 1. The van der Waals surface area contributed by atoms with E-state index >= 15 is 0 Å². The Morgan fingerprint density at radius 2 is 2.11 bits per heavy atom. The lowest BCUT2D eigenvalue weighted by atomic mass is 10.1. The van der Waals surface area contributed by atoms with Gasteiger partial charge in [-0.15, -0.1) is 11.3 Å². The van der Waals surface area contributed by atoms with Gasteiger partial charge in [0.15, 0.2) is 0 Å². The Morgan fingerprint density at radius 3 is 2.72 bits per heavy atom. The first-order chi connectivity index (χ1) is 8.62. The average molecular weight is 288 g/mol. The third-order valence-corrected chi connectivity index (χ3v) is 6.01. The van der Waals surface area contributed by atoms with E-state index in [4.69, 9.17) is 5.73 Å². The van der Waals surface area contributed by atoms with Crippen molar-refractivity contribution in [3.8, 4) is 0 Å². The molecular formula is C12H20N2O2S2.